The molecule has 0 saturated heterocycles. The van der Waals surface area contributed by atoms with E-state index in [4.69, 9.17) is 0 Å². The summed E-state index contributed by atoms with van der Waals surface area (Å²) in [6, 6.07) is 0. The van der Waals surface area contributed by atoms with Crippen molar-refractivity contribution in [3.05, 3.63) is 0 Å². The van der Waals surface area contributed by atoms with Gasteiger partial charge in [-0.1, -0.05) is 0 Å². The second-order valence-electron chi connectivity index (χ2n) is 0.429. The SMILES string of the molecule is Cl.FC(F)(Cl)Cl. The lowest BCUT2D eigenvalue weighted by Gasteiger charge is -1.87. The van der Waals surface area contributed by atoms with Gasteiger partial charge in [-0.2, -0.15) is 8.78 Å². The van der Waals surface area contributed by atoms with E-state index in [2.05, 4.69) is 23.2 Å². The van der Waals surface area contributed by atoms with Crippen molar-refractivity contribution in [3.63, 3.8) is 0 Å². The van der Waals surface area contributed by atoms with Crippen LogP contribution in [0.25, 0.3) is 0 Å². The van der Waals surface area contributed by atoms with E-state index in [-0.39, 0.29) is 12.4 Å². The highest BCUT2D eigenvalue weighted by Crippen LogP contribution is 2.22. The molecule has 5 heteroatoms. The van der Waals surface area contributed by atoms with Gasteiger partial charge in [0.2, 0.25) is 0 Å². The van der Waals surface area contributed by atoms with Crippen molar-refractivity contribution in [2.24, 2.45) is 0 Å². The lowest BCUT2D eigenvalue weighted by Crippen LogP contribution is -1.86. The van der Waals surface area contributed by atoms with Crippen molar-refractivity contribution in [3.8, 4) is 0 Å². The molecule has 0 aromatic rings. The summed E-state index contributed by atoms with van der Waals surface area (Å²) in [5, 5.41) is 0. The zero-order chi connectivity index (χ0) is 4.50. The fraction of sp³-hybridized carbons (Fsp3) is 1.00. The normalized spacial score (nSPS) is 10.0. The molecule has 0 aliphatic carbocycles. The molecule has 0 amide bonds. The maximum absolute atomic E-state index is 10.6. The van der Waals surface area contributed by atoms with Crippen molar-refractivity contribution in [2.45, 2.75) is 4.84 Å². The van der Waals surface area contributed by atoms with Gasteiger partial charge < -0.3 is 0 Å². The molecule has 0 unspecified atom stereocenters. The lowest BCUT2D eigenvalue weighted by atomic mass is 11.7. The quantitative estimate of drug-likeness (QED) is 0.474. The van der Waals surface area contributed by atoms with Crippen LogP contribution in [0.3, 0.4) is 0 Å². The van der Waals surface area contributed by atoms with E-state index in [0.29, 0.717) is 0 Å². The fourth-order valence-electron chi connectivity index (χ4n) is 0. The summed E-state index contributed by atoms with van der Waals surface area (Å²) in [6.45, 7) is 0. The van der Waals surface area contributed by atoms with E-state index < -0.39 is 4.84 Å². The number of halogens is 5. The average Bonchev–Trinajstić information content (AvgIpc) is 0.722. The first-order chi connectivity index (χ1) is 2.00. The number of hydrogen-bond donors (Lipinski definition) is 0. The van der Waals surface area contributed by atoms with Crippen molar-refractivity contribution in [1.82, 2.24) is 0 Å². The van der Waals surface area contributed by atoms with Gasteiger partial charge in [0.25, 0.3) is 0 Å². The molecule has 0 N–H and O–H groups in total. The van der Waals surface area contributed by atoms with E-state index in [1.54, 1.807) is 0 Å². The average molecular weight is 157 g/mol. The van der Waals surface area contributed by atoms with Crippen LogP contribution in [-0.2, 0) is 0 Å². The number of alkyl halides is 4. The van der Waals surface area contributed by atoms with Gasteiger partial charge in [0.05, 0.1) is 0 Å². The van der Waals surface area contributed by atoms with Gasteiger partial charge in [-0.05, 0) is 23.2 Å². The maximum Gasteiger partial charge on any atom is 0.401 e. The Balaban J connectivity index is 0. The van der Waals surface area contributed by atoms with Gasteiger partial charge in [0.15, 0.2) is 0 Å². The summed E-state index contributed by atoms with van der Waals surface area (Å²) < 4.78 is 21.1. The first-order valence-electron chi connectivity index (χ1n) is 0.756. The molecule has 0 radical (unpaired) electrons. The van der Waals surface area contributed by atoms with Crippen molar-refractivity contribution in [1.29, 1.82) is 0 Å². The fourth-order valence-corrected chi connectivity index (χ4v) is 0. The van der Waals surface area contributed by atoms with Crippen LogP contribution in [0, 0.1) is 0 Å². The minimum atomic E-state index is -3.56. The molecule has 0 aromatic heterocycles. The third kappa shape index (κ3) is 123. The summed E-state index contributed by atoms with van der Waals surface area (Å²) >= 11 is 7.92. The van der Waals surface area contributed by atoms with Gasteiger partial charge in [-0.3, -0.25) is 0 Å². The Morgan fingerprint density at radius 2 is 1.17 bits per heavy atom. The van der Waals surface area contributed by atoms with Crippen LogP contribution in [0.15, 0.2) is 0 Å². The van der Waals surface area contributed by atoms with Gasteiger partial charge >= 0.3 is 4.84 Å². The standard InChI is InChI=1S/CCl2F2.ClH/c2-1(3,4)5;/h;1H. The predicted molar refractivity (Wildman–Crippen MR) is 23.9 cm³/mol. The summed E-state index contributed by atoms with van der Waals surface area (Å²) in [6.07, 6.45) is 0. The molecule has 0 bridgehead atoms. The Kier molecular flexibility index (Phi) is 4.66. The van der Waals surface area contributed by atoms with E-state index in [1.807, 2.05) is 0 Å². The maximum atomic E-state index is 10.6. The van der Waals surface area contributed by atoms with Crippen LogP contribution < -0.4 is 0 Å². The molecule has 0 spiro atoms. The molecule has 0 heterocycles. The molecule has 0 rings (SSSR count). The van der Waals surface area contributed by atoms with Crippen LogP contribution >= 0.6 is 35.6 Å². The predicted octanol–water partition coefficient (Wildman–Crippen LogP) is 2.44. The lowest BCUT2D eigenvalue weighted by molar-refractivity contribution is 0.194. The number of rotatable bonds is 0. The van der Waals surface area contributed by atoms with E-state index in [1.165, 1.54) is 0 Å². The highest BCUT2D eigenvalue weighted by atomic mass is 35.5. The molecule has 0 atom stereocenters. The van der Waals surface area contributed by atoms with E-state index >= 15 is 0 Å². The van der Waals surface area contributed by atoms with Crippen molar-refractivity contribution >= 4 is 35.6 Å². The topological polar surface area (TPSA) is 0 Å². The minimum Gasteiger partial charge on any atom is -0.172 e. The van der Waals surface area contributed by atoms with Crippen LogP contribution in [0.5, 0.6) is 0 Å². The molecular formula is CHCl3F2. The Hall–Kier alpha value is 0.730. The Bertz CT molecular complexity index is 24.3. The summed E-state index contributed by atoms with van der Waals surface area (Å²) in [7, 11) is 0. The molecular weight excluding hydrogens is 156 g/mol. The van der Waals surface area contributed by atoms with Crippen LogP contribution in [0.2, 0.25) is 0 Å². The summed E-state index contributed by atoms with van der Waals surface area (Å²) in [5.41, 5.74) is 0. The second-order valence-corrected chi connectivity index (χ2v) is 1.57. The number of hydrogen-bond acceptors (Lipinski definition) is 0. The highest BCUT2D eigenvalue weighted by molar-refractivity contribution is 6.45. The van der Waals surface area contributed by atoms with Gasteiger partial charge in [0, 0.05) is 0 Å². The van der Waals surface area contributed by atoms with Crippen molar-refractivity contribution in [2.75, 3.05) is 0 Å². The molecule has 40 valence electrons. The van der Waals surface area contributed by atoms with Crippen LogP contribution in [-0.4, -0.2) is 4.84 Å². The zero-order valence-electron chi connectivity index (χ0n) is 2.42. The summed E-state index contributed by atoms with van der Waals surface area (Å²) in [5.74, 6) is 0. The highest BCUT2D eigenvalue weighted by Gasteiger charge is 2.17. The van der Waals surface area contributed by atoms with E-state index in [9.17, 15) is 8.78 Å². The third-order valence-corrected chi connectivity index (χ3v) is 0. The van der Waals surface area contributed by atoms with Crippen LogP contribution in [0.4, 0.5) is 8.78 Å². The largest absolute Gasteiger partial charge is 0.401 e. The molecule has 0 aliphatic heterocycles. The Labute approximate surface area is 49.8 Å². The minimum absolute atomic E-state index is 0. The Morgan fingerprint density at radius 3 is 1.17 bits per heavy atom. The molecule has 0 aliphatic rings. The molecule has 0 saturated carbocycles. The molecule has 0 nitrogen and oxygen atoms in total. The zero-order valence-corrected chi connectivity index (χ0v) is 4.75. The van der Waals surface area contributed by atoms with Crippen LogP contribution in [0.1, 0.15) is 0 Å². The van der Waals surface area contributed by atoms with Gasteiger partial charge in [0.1, 0.15) is 0 Å². The van der Waals surface area contributed by atoms with Gasteiger partial charge in [-0.15, -0.1) is 12.4 Å². The second kappa shape index (κ2) is 2.83. The third-order valence-electron chi connectivity index (χ3n) is 0. The molecule has 0 fully saturated rings. The van der Waals surface area contributed by atoms with Gasteiger partial charge in [-0.25, -0.2) is 0 Å². The molecule has 6 heavy (non-hydrogen) atoms. The van der Waals surface area contributed by atoms with Crippen molar-refractivity contribution < 1.29 is 8.78 Å². The first-order valence-corrected chi connectivity index (χ1v) is 1.51. The Morgan fingerprint density at radius 1 is 1.17 bits per heavy atom. The molecule has 0 aromatic carbocycles. The summed E-state index contributed by atoms with van der Waals surface area (Å²) in [4.78, 5) is -3.56. The first kappa shape index (κ1) is 9.88. The smallest absolute Gasteiger partial charge is 0.172 e. The monoisotopic (exact) mass is 156 g/mol. The van der Waals surface area contributed by atoms with E-state index in [0.717, 1.165) is 0 Å².